The van der Waals surface area contributed by atoms with E-state index in [-0.39, 0.29) is 5.82 Å². The van der Waals surface area contributed by atoms with Gasteiger partial charge in [-0.05, 0) is 17.1 Å². The molecule has 3 heterocycles. The topological polar surface area (TPSA) is 195 Å². The summed E-state index contributed by atoms with van der Waals surface area (Å²) in [4.78, 5) is 43.0. The molecule has 14 nitrogen and oxygen atoms in total. The maximum atomic E-state index is 11.0. The van der Waals surface area contributed by atoms with E-state index in [9.17, 15) is 19.7 Å². The second kappa shape index (κ2) is 13.7. The molecule has 36 heavy (non-hydrogen) atoms. The van der Waals surface area contributed by atoms with Crippen LogP contribution in [0, 0.1) is 17.0 Å². The Hall–Kier alpha value is -3.34. The molecule has 1 aliphatic rings. The molecule has 1 fully saturated rings. The number of piperazine rings is 1. The van der Waals surface area contributed by atoms with Gasteiger partial charge in [0.25, 0.3) is 0 Å². The highest BCUT2D eigenvalue weighted by molar-refractivity contribution is 8.22. The Labute approximate surface area is 215 Å². The van der Waals surface area contributed by atoms with Crippen LogP contribution in [0.5, 0.6) is 0 Å². The van der Waals surface area contributed by atoms with Gasteiger partial charge in [0.2, 0.25) is 0 Å². The van der Waals surface area contributed by atoms with E-state index in [0.29, 0.717) is 18.1 Å². The number of aryl methyl sites for hydroxylation is 1. The van der Waals surface area contributed by atoms with E-state index in [1.54, 1.807) is 29.4 Å². The molecule has 4 N–H and O–H groups in total. The van der Waals surface area contributed by atoms with Crippen LogP contribution < -0.4 is 4.90 Å². The van der Waals surface area contributed by atoms with Crippen molar-refractivity contribution < 1.29 is 34.9 Å². The van der Waals surface area contributed by atoms with Crippen LogP contribution in [0.2, 0.25) is 0 Å². The SMILES string of the molecule is Cc1ncc([N+](=O)[O-])n1CCSC(=S)N1CCN(c2ccccn2)CC1.O=C(O)[C@@H](O)[C@H](O)C(=O)O. The number of pyridine rings is 1. The van der Waals surface area contributed by atoms with Gasteiger partial charge in [0.15, 0.2) is 18.0 Å². The fourth-order valence-electron chi connectivity index (χ4n) is 3.12. The zero-order chi connectivity index (χ0) is 26.8. The first-order valence-corrected chi connectivity index (χ1v) is 12.0. The van der Waals surface area contributed by atoms with Gasteiger partial charge in [-0.25, -0.2) is 24.1 Å². The molecular weight excluding hydrogens is 516 g/mol. The standard InChI is InChI=1S/C16H20N6O2S2.C4H6O6/c1-13-18-12-15(22(23)24)21(13)10-11-26-16(25)20-8-6-19(7-9-20)14-4-2-3-5-17-14;5-1(3(7)8)2(6)4(9)10/h2-5,12H,6-11H2,1H3;1-2,5-6H,(H,7,8)(H,9,10)/t;1-,2-/m.0/s1. The smallest absolute Gasteiger partial charge is 0.342 e. The van der Waals surface area contributed by atoms with Crippen molar-refractivity contribution in [1.29, 1.82) is 0 Å². The lowest BCUT2D eigenvalue weighted by atomic mass is 10.2. The minimum atomic E-state index is -2.27. The average Bonchev–Trinajstić information content (AvgIpc) is 3.24. The van der Waals surface area contributed by atoms with Crippen LogP contribution in [0.4, 0.5) is 11.6 Å². The van der Waals surface area contributed by atoms with E-state index in [4.69, 9.17) is 32.6 Å². The number of aromatic nitrogens is 3. The summed E-state index contributed by atoms with van der Waals surface area (Å²) >= 11 is 7.10. The van der Waals surface area contributed by atoms with Gasteiger partial charge < -0.3 is 40.3 Å². The fourth-order valence-corrected chi connectivity index (χ4v) is 4.37. The molecule has 0 spiro atoms. The second-order valence-corrected chi connectivity index (χ2v) is 9.14. The number of imidazole rings is 1. The first-order valence-electron chi connectivity index (χ1n) is 10.6. The largest absolute Gasteiger partial charge is 0.479 e. The van der Waals surface area contributed by atoms with Crippen molar-refractivity contribution in [3.8, 4) is 0 Å². The van der Waals surface area contributed by atoms with E-state index < -0.39 is 29.1 Å². The van der Waals surface area contributed by atoms with Crippen LogP contribution in [0.25, 0.3) is 0 Å². The summed E-state index contributed by atoms with van der Waals surface area (Å²) < 4.78 is 2.46. The zero-order valence-corrected chi connectivity index (χ0v) is 20.8. The lowest BCUT2D eigenvalue weighted by Crippen LogP contribution is -2.48. The molecule has 0 aromatic carbocycles. The number of nitro groups is 1. The summed E-state index contributed by atoms with van der Waals surface area (Å²) in [5.74, 6) is -1.19. The summed E-state index contributed by atoms with van der Waals surface area (Å²) in [7, 11) is 0. The quantitative estimate of drug-likeness (QED) is 0.201. The number of hydrogen-bond acceptors (Lipinski definition) is 11. The summed E-state index contributed by atoms with van der Waals surface area (Å²) in [5, 5.41) is 43.5. The zero-order valence-electron chi connectivity index (χ0n) is 19.2. The van der Waals surface area contributed by atoms with E-state index in [2.05, 4.69) is 19.8 Å². The van der Waals surface area contributed by atoms with Gasteiger partial charge >= 0.3 is 17.8 Å². The summed E-state index contributed by atoms with van der Waals surface area (Å²) in [5.41, 5.74) is 0. The predicted molar refractivity (Wildman–Crippen MR) is 134 cm³/mol. The highest BCUT2D eigenvalue weighted by Crippen LogP contribution is 2.19. The van der Waals surface area contributed by atoms with E-state index in [1.807, 2.05) is 18.2 Å². The number of thioether (sulfide) groups is 1. The molecule has 2 aromatic rings. The van der Waals surface area contributed by atoms with Crippen LogP contribution in [0.3, 0.4) is 0 Å². The number of hydrogen-bond donors (Lipinski definition) is 4. The summed E-state index contributed by atoms with van der Waals surface area (Å²) in [6.07, 6.45) is -1.43. The Morgan fingerprint density at radius 1 is 1.14 bits per heavy atom. The van der Waals surface area contributed by atoms with Crippen LogP contribution in [0.15, 0.2) is 30.6 Å². The van der Waals surface area contributed by atoms with Crippen molar-refractivity contribution in [2.45, 2.75) is 25.7 Å². The van der Waals surface area contributed by atoms with Crippen molar-refractivity contribution in [2.24, 2.45) is 0 Å². The lowest BCUT2D eigenvalue weighted by Gasteiger charge is -2.36. The number of thiocarbonyl (C=S) groups is 1. The molecule has 0 bridgehead atoms. The van der Waals surface area contributed by atoms with Crippen molar-refractivity contribution >= 4 is 51.9 Å². The van der Waals surface area contributed by atoms with Gasteiger partial charge in [-0.1, -0.05) is 30.0 Å². The van der Waals surface area contributed by atoms with Crippen LogP contribution >= 0.6 is 24.0 Å². The highest BCUT2D eigenvalue weighted by atomic mass is 32.2. The van der Waals surface area contributed by atoms with E-state index in [1.165, 1.54) is 6.20 Å². The Balaban J connectivity index is 0.000000388. The monoisotopic (exact) mass is 542 g/mol. The third-order valence-corrected chi connectivity index (χ3v) is 6.58. The number of carbonyl (C=O) groups is 2. The average molecular weight is 543 g/mol. The molecule has 196 valence electrons. The lowest BCUT2D eigenvalue weighted by molar-refractivity contribution is -0.392. The van der Waals surface area contributed by atoms with Crippen LogP contribution in [-0.2, 0) is 16.1 Å². The molecule has 1 saturated heterocycles. The fraction of sp³-hybridized carbons (Fsp3) is 0.450. The molecule has 2 atom stereocenters. The molecule has 0 unspecified atom stereocenters. The van der Waals surface area contributed by atoms with Gasteiger partial charge in [-0.15, -0.1) is 0 Å². The number of aliphatic hydroxyl groups is 2. The van der Waals surface area contributed by atoms with Gasteiger partial charge in [-0.3, -0.25) is 0 Å². The molecule has 2 aromatic heterocycles. The molecule has 0 amide bonds. The molecule has 1 aliphatic heterocycles. The van der Waals surface area contributed by atoms with Crippen molar-refractivity contribution in [1.82, 2.24) is 19.4 Å². The van der Waals surface area contributed by atoms with Crippen LogP contribution in [-0.4, -0.2) is 105 Å². The number of nitrogens with zero attached hydrogens (tertiary/aromatic N) is 6. The minimum absolute atomic E-state index is 0.0259. The normalized spacial score (nSPS) is 14.9. The number of aliphatic hydroxyl groups excluding tert-OH is 2. The van der Waals surface area contributed by atoms with Crippen molar-refractivity contribution in [3.63, 3.8) is 0 Å². The van der Waals surface area contributed by atoms with Crippen molar-refractivity contribution in [2.75, 3.05) is 36.8 Å². The summed E-state index contributed by atoms with van der Waals surface area (Å²) in [6, 6.07) is 5.92. The van der Waals surface area contributed by atoms with Gasteiger partial charge in [0.1, 0.15) is 22.9 Å². The highest BCUT2D eigenvalue weighted by Gasteiger charge is 2.29. The van der Waals surface area contributed by atoms with E-state index >= 15 is 0 Å². The minimum Gasteiger partial charge on any atom is -0.479 e. The molecule has 0 radical (unpaired) electrons. The Kier molecular flexibility index (Phi) is 11.0. The van der Waals surface area contributed by atoms with Gasteiger partial charge in [-0.2, -0.15) is 0 Å². The van der Waals surface area contributed by atoms with Crippen molar-refractivity contribution in [3.05, 3.63) is 46.5 Å². The first-order chi connectivity index (χ1) is 17.0. The Morgan fingerprint density at radius 3 is 2.25 bits per heavy atom. The third kappa shape index (κ3) is 8.11. The number of anilines is 1. The second-order valence-electron chi connectivity index (χ2n) is 7.41. The molecule has 16 heteroatoms. The van der Waals surface area contributed by atoms with Gasteiger partial charge in [0.05, 0.1) is 0 Å². The molecule has 3 rings (SSSR count). The first kappa shape index (κ1) is 28.9. The number of carboxylic acid groups (broad SMARTS) is 2. The van der Waals surface area contributed by atoms with Crippen LogP contribution in [0.1, 0.15) is 5.82 Å². The maximum Gasteiger partial charge on any atom is 0.342 e. The molecular formula is C20H26N6O8S2. The number of carboxylic acids is 2. The third-order valence-electron chi connectivity index (χ3n) is 5.08. The maximum absolute atomic E-state index is 11.0. The molecule has 0 saturated carbocycles. The number of aliphatic carboxylic acids is 2. The predicted octanol–water partition coefficient (Wildman–Crippen LogP) is 0.212. The van der Waals surface area contributed by atoms with Gasteiger partial charge in [0, 0.05) is 45.1 Å². The number of rotatable bonds is 8. The van der Waals surface area contributed by atoms with E-state index in [0.717, 1.165) is 36.3 Å². The summed E-state index contributed by atoms with van der Waals surface area (Å²) in [6.45, 7) is 5.75. The molecule has 0 aliphatic carbocycles. The Morgan fingerprint density at radius 2 is 1.75 bits per heavy atom. The Bertz CT molecular complexity index is 1040.